The zero-order chi connectivity index (χ0) is 11.1. The van der Waals surface area contributed by atoms with Crippen LogP contribution in [0.2, 0.25) is 10.0 Å². The van der Waals surface area contributed by atoms with E-state index in [0.29, 0.717) is 10.0 Å². The number of nitrogens with zero attached hydrogens (tertiary/aromatic N) is 3. The zero-order valence-electron chi connectivity index (χ0n) is 7.89. The normalized spacial score (nSPS) is 22.0. The first-order valence-electron chi connectivity index (χ1n) is 4.56. The van der Waals surface area contributed by atoms with E-state index >= 15 is 0 Å². The van der Waals surface area contributed by atoms with E-state index in [9.17, 15) is 0 Å². The van der Waals surface area contributed by atoms with Gasteiger partial charge in [-0.25, -0.2) is 0 Å². The standard InChI is InChI=1S/C10H5Cl2N3S/c11-6-2-1-5(3-7(6)12)9-14-8-4-13-15-10(8)16-9/h1-4,8H. The molecule has 0 amide bonds. The first-order chi connectivity index (χ1) is 7.74. The Morgan fingerprint density at radius 3 is 2.81 bits per heavy atom. The van der Waals surface area contributed by atoms with E-state index in [-0.39, 0.29) is 6.04 Å². The Hall–Kier alpha value is -0.840. The van der Waals surface area contributed by atoms with E-state index in [4.69, 9.17) is 23.2 Å². The van der Waals surface area contributed by atoms with Gasteiger partial charge < -0.3 is 0 Å². The molecule has 2 heterocycles. The van der Waals surface area contributed by atoms with Crippen LogP contribution in [0.1, 0.15) is 5.56 Å². The fraction of sp³-hybridized carbons (Fsp3) is 0.100. The Kier molecular flexibility index (Phi) is 2.50. The quantitative estimate of drug-likeness (QED) is 0.771. The van der Waals surface area contributed by atoms with Gasteiger partial charge in [0.05, 0.1) is 16.3 Å². The Balaban J connectivity index is 1.97. The lowest BCUT2D eigenvalue weighted by Gasteiger charge is -2.01. The molecule has 0 aromatic heterocycles. The van der Waals surface area contributed by atoms with Crippen molar-refractivity contribution in [3.05, 3.63) is 33.8 Å². The van der Waals surface area contributed by atoms with Gasteiger partial charge in [-0.15, -0.1) is 5.10 Å². The molecule has 1 aromatic carbocycles. The van der Waals surface area contributed by atoms with Gasteiger partial charge >= 0.3 is 0 Å². The number of hydrogen-bond acceptors (Lipinski definition) is 4. The molecule has 0 saturated carbocycles. The maximum absolute atomic E-state index is 5.96. The van der Waals surface area contributed by atoms with Crippen molar-refractivity contribution >= 4 is 51.3 Å². The molecule has 1 aromatic rings. The summed E-state index contributed by atoms with van der Waals surface area (Å²) < 4.78 is 0. The molecule has 80 valence electrons. The Morgan fingerprint density at radius 1 is 1.19 bits per heavy atom. The summed E-state index contributed by atoms with van der Waals surface area (Å²) in [7, 11) is 0. The van der Waals surface area contributed by atoms with E-state index in [1.54, 1.807) is 12.3 Å². The van der Waals surface area contributed by atoms with E-state index in [1.807, 2.05) is 12.1 Å². The fourth-order valence-electron chi connectivity index (χ4n) is 1.46. The van der Waals surface area contributed by atoms with Crippen molar-refractivity contribution < 1.29 is 0 Å². The third-order valence-corrected chi connectivity index (χ3v) is 4.05. The highest BCUT2D eigenvalue weighted by molar-refractivity contribution is 8.27. The molecule has 3 nitrogen and oxygen atoms in total. The summed E-state index contributed by atoms with van der Waals surface area (Å²) in [6, 6.07) is 5.48. The van der Waals surface area contributed by atoms with Gasteiger partial charge in [-0.1, -0.05) is 29.3 Å². The number of fused-ring (bicyclic) bond motifs is 1. The lowest BCUT2D eigenvalue weighted by Crippen LogP contribution is -2.06. The summed E-state index contributed by atoms with van der Waals surface area (Å²) in [4.78, 5) is 4.49. The van der Waals surface area contributed by atoms with Crippen LogP contribution in [0.3, 0.4) is 0 Å². The molecule has 0 aliphatic carbocycles. The van der Waals surface area contributed by atoms with E-state index < -0.39 is 0 Å². The molecule has 1 unspecified atom stereocenters. The van der Waals surface area contributed by atoms with Crippen LogP contribution in [0.5, 0.6) is 0 Å². The van der Waals surface area contributed by atoms with Crippen molar-refractivity contribution in [1.82, 2.24) is 0 Å². The maximum Gasteiger partial charge on any atom is 0.138 e. The molecule has 2 aliphatic heterocycles. The number of rotatable bonds is 1. The van der Waals surface area contributed by atoms with Crippen LogP contribution in [-0.2, 0) is 0 Å². The van der Waals surface area contributed by atoms with Crippen LogP contribution in [0.4, 0.5) is 0 Å². The van der Waals surface area contributed by atoms with E-state index in [1.165, 1.54) is 11.8 Å². The molecular formula is C10H5Cl2N3S. The van der Waals surface area contributed by atoms with Gasteiger partial charge in [0.15, 0.2) is 0 Å². The van der Waals surface area contributed by atoms with E-state index in [0.717, 1.165) is 15.7 Å². The van der Waals surface area contributed by atoms with Gasteiger partial charge in [0, 0.05) is 5.56 Å². The Bertz CT molecular complexity index is 551. The lowest BCUT2D eigenvalue weighted by molar-refractivity contribution is 1.22. The molecule has 0 spiro atoms. The molecule has 6 heteroatoms. The third-order valence-electron chi connectivity index (χ3n) is 2.24. The average Bonchev–Trinajstić information content (AvgIpc) is 2.81. The second kappa shape index (κ2) is 3.87. The second-order valence-corrected chi connectivity index (χ2v) is 5.14. The zero-order valence-corrected chi connectivity index (χ0v) is 10.2. The highest BCUT2D eigenvalue weighted by Gasteiger charge is 2.28. The summed E-state index contributed by atoms with van der Waals surface area (Å²) in [6.07, 6.45) is 1.73. The first kappa shape index (κ1) is 10.3. The minimum atomic E-state index is -0.00514. The number of hydrogen-bond donors (Lipinski definition) is 0. The lowest BCUT2D eigenvalue weighted by atomic mass is 10.2. The van der Waals surface area contributed by atoms with Crippen molar-refractivity contribution in [3.8, 4) is 0 Å². The van der Waals surface area contributed by atoms with Crippen molar-refractivity contribution in [2.75, 3.05) is 0 Å². The van der Waals surface area contributed by atoms with Crippen LogP contribution >= 0.6 is 35.0 Å². The predicted octanol–water partition coefficient (Wildman–Crippen LogP) is 3.25. The van der Waals surface area contributed by atoms with Crippen molar-refractivity contribution in [2.45, 2.75) is 6.04 Å². The third kappa shape index (κ3) is 1.67. The maximum atomic E-state index is 5.96. The minimum absolute atomic E-state index is 0.00514. The summed E-state index contributed by atoms with van der Waals surface area (Å²) in [5, 5.41) is 10.7. The molecule has 0 fully saturated rings. The molecule has 3 rings (SSSR count). The summed E-state index contributed by atoms with van der Waals surface area (Å²) in [5.74, 6) is 0. The van der Waals surface area contributed by atoms with Gasteiger partial charge in [-0.05, 0) is 23.9 Å². The van der Waals surface area contributed by atoms with E-state index in [2.05, 4.69) is 15.2 Å². The molecule has 0 radical (unpaired) electrons. The SMILES string of the molecule is Clc1ccc(C2=NC3C=NN=C3S2)cc1Cl. The average molecular weight is 270 g/mol. The number of aliphatic imine (C=N–C) groups is 1. The summed E-state index contributed by atoms with van der Waals surface area (Å²) in [6.45, 7) is 0. The molecule has 0 N–H and O–H groups in total. The first-order valence-corrected chi connectivity index (χ1v) is 6.13. The molecule has 0 saturated heterocycles. The van der Waals surface area contributed by atoms with Crippen molar-refractivity contribution in [1.29, 1.82) is 0 Å². The predicted molar refractivity (Wildman–Crippen MR) is 70.3 cm³/mol. The molecule has 1 atom stereocenters. The smallest absolute Gasteiger partial charge is 0.138 e. The second-order valence-electron chi connectivity index (χ2n) is 3.31. The van der Waals surface area contributed by atoms with Gasteiger partial charge in [-0.3, -0.25) is 4.99 Å². The van der Waals surface area contributed by atoms with Crippen LogP contribution in [0.15, 0.2) is 33.4 Å². The highest BCUT2D eigenvalue weighted by atomic mass is 35.5. The molecule has 2 aliphatic rings. The Labute approximate surface area is 106 Å². The molecule has 16 heavy (non-hydrogen) atoms. The fourth-order valence-corrected chi connectivity index (χ4v) is 2.69. The van der Waals surface area contributed by atoms with Gasteiger partial charge in [0.1, 0.15) is 16.1 Å². The van der Waals surface area contributed by atoms with Crippen LogP contribution in [0, 0.1) is 0 Å². The molecular weight excluding hydrogens is 265 g/mol. The number of benzene rings is 1. The monoisotopic (exact) mass is 269 g/mol. The van der Waals surface area contributed by atoms with Gasteiger partial charge in [0.25, 0.3) is 0 Å². The number of halogens is 2. The number of thioether (sulfide) groups is 1. The minimum Gasteiger partial charge on any atom is -0.261 e. The summed E-state index contributed by atoms with van der Waals surface area (Å²) >= 11 is 13.3. The largest absolute Gasteiger partial charge is 0.261 e. The summed E-state index contributed by atoms with van der Waals surface area (Å²) in [5.41, 5.74) is 0.963. The van der Waals surface area contributed by atoms with Gasteiger partial charge in [-0.2, -0.15) is 5.10 Å². The highest BCUT2D eigenvalue weighted by Crippen LogP contribution is 2.30. The van der Waals surface area contributed by atoms with Crippen molar-refractivity contribution in [3.63, 3.8) is 0 Å². The van der Waals surface area contributed by atoms with Crippen LogP contribution in [0.25, 0.3) is 0 Å². The topological polar surface area (TPSA) is 37.1 Å². The van der Waals surface area contributed by atoms with Crippen molar-refractivity contribution in [2.24, 2.45) is 15.2 Å². The van der Waals surface area contributed by atoms with Crippen LogP contribution < -0.4 is 0 Å². The van der Waals surface area contributed by atoms with Crippen LogP contribution in [-0.4, -0.2) is 22.3 Å². The molecule has 0 bridgehead atoms. The van der Waals surface area contributed by atoms with Gasteiger partial charge in [0.2, 0.25) is 0 Å². The Morgan fingerprint density at radius 2 is 2.06 bits per heavy atom.